The number of carbonyl (C=O) groups excluding carboxylic acids is 1. The zero-order valence-electron chi connectivity index (χ0n) is 18.9. The standard InChI is InChI=1S/C19H42O8Si3/c1-18(2)19(22)27-12-5-15-28(3)30(24,17-7-11-26-14-9-21)29(4,23)16-6-10-25-13-8-20/h20-21,23-24,28H,1,5-17H2,2-4H3. The topological polar surface area (TPSA) is 126 Å². The predicted molar refractivity (Wildman–Crippen MR) is 125 cm³/mol. The first-order chi connectivity index (χ1) is 14.1. The molecule has 0 saturated heterocycles. The molecule has 0 rings (SSSR count). The first kappa shape index (κ1) is 29.6. The Balaban J connectivity index is 4.88. The molecule has 3 unspecified atom stereocenters. The third kappa shape index (κ3) is 11.3. The maximum atomic E-state index is 11.8. The summed E-state index contributed by atoms with van der Waals surface area (Å²) in [5.74, 6) is -0.401. The van der Waals surface area contributed by atoms with Crippen LogP contribution in [0.25, 0.3) is 0 Å². The molecule has 0 saturated carbocycles. The van der Waals surface area contributed by atoms with E-state index in [4.69, 9.17) is 24.4 Å². The summed E-state index contributed by atoms with van der Waals surface area (Å²) in [7, 11) is -7.40. The van der Waals surface area contributed by atoms with Crippen LogP contribution in [0.15, 0.2) is 12.2 Å². The summed E-state index contributed by atoms with van der Waals surface area (Å²) in [6.45, 7) is 10.9. The number of hydrogen-bond donors (Lipinski definition) is 4. The molecule has 11 heteroatoms. The average Bonchev–Trinajstić information content (AvgIpc) is 2.69. The monoisotopic (exact) mass is 482 g/mol. The van der Waals surface area contributed by atoms with Crippen molar-refractivity contribution in [1.82, 2.24) is 0 Å². The molecule has 0 aliphatic heterocycles. The zero-order chi connectivity index (χ0) is 23.0. The number of carbonyl (C=O) groups is 1. The third-order valence-corrected chi connectivity index (χ3v) is 36.3. The van der Waals surface area contributed by atoms with Gasteiger partial charge in [-0.05, 0) is 44.8 Å². The van der Waals surface area contributed by atoms with E-state index < -0.39 is 29.5 Å². The van der Waals surface area contributed by atoms with Crippen LogP contribution in [0, 0.1) is 0 Å². The van der Waals surface area contributed by atoms with Gasteiger partial charge in [-0.2, -0.15) is 0 Å². The molecule has 0 aliphatic rings. The molecular formula is C19H42O8Si3. The second-order valence-corrected chi connectivity index (χ2v) is 29.2. The molecule has 0 bridgehead atoms. The summed E-state index contributed by atoms with van der Waals surface area (Å²) in [6, 6.07) is 1.96. The number of aliphatic hydroxyl groups excluding tert-OH is 2. The van der Waals surface area contributed by atoms with E-state index in [-0.39, 0.29) is 26.4 Å². The summed E-state index contributed by atoms with van der Waals surface area (Å²) >= 11 is 0. The van der Waals surface area contributed by atoms with Crippen molar-refractivity contribution in [2.24, 2.45) is 0 Å². The fraction of sp³-hybridized carbons (Fsp3) is 0.842. The molecule has 0 heterocycles. The first-order valence-corrected chi connectivity index (χ1v) is 20.4. The van der Waals surface area contributed by atoms with Crippen LogP contribution in [0.2, 0.25) is 31.2 Å². The Kier molecular flexibility index (Phi) is 16.1. The van der Waals surface area contributed by atoms with Crippen molar-refractivity contribution in [2.45, 2.75) is 57.4 Å². The smallest absolute Gasteiger partial charge is 0.333 e. The number of aliphatic hydroxyl groups is 2. The molecule has 8 nitrogen and oxygen atoms in total. The van der Waals surface area contributed by atoms with E-state index in [0.717, 1.165) is 6.04 Å². The van der Waals surface area contributed by atoms with E-state index in [1.54, 1.807) is 6.92 Å². The molecule has 0 fully saturated rings. The first-order valence-electron chi connectivity index (χ1n) is 10.8. The van der Waals surface area contributed by atoms with E-state index >= 15 is 0 Å². The van der Waals surface area contributed by atoms with Crippen LogP contribution in [-0.2, 0) is 19.0 Å². The van der Waals surface area contributed by atoms with Crippen LogP contribution in [0.5, 0.6) is 0 Å². The Morgan fingerprint density at radius 3 is 1.97 bits per heavy atom. The minimum atomic E-state index is -2.88. The molecule has 0 aromatic carbocycles. The fourth-order valence-corrected chi connectivity index (χ4v) is 32.2. The van der Waals surface area contributed by atoms with Crippen LogP contribution < -0.4 is 0 Å². The highest BCUT2D eigenvalue weighted by atomic mass is 29.6. The van der Waals surface area contributed by atoms with Crippen LogP contribution in [0.3, 0.4) is 0 Å². The van der Waals surface area contributed by atoms with Crippen molar-refractivity contribution in [1.29, 1.82) is 0 Å². The van der Waals surface area contributed by atoms with Crippen molar-refractivity contribution < 1.29 is 38.8 Å². The lowest BCUT2D eigenvalue weighted by molar-refractivity contribution is -0.138. The van der Waals surface area contributed by atoms with Gasteiger partial charge in [0.15, 0.2) is 15.2 Å². The maximum absolute atomic E-state index is 11.8. The minimum absolute atomic E-state index is 0.0275. The van der Waals surface area contributed by atoms with Gasteiger partial charge in [0, 0.05) is 18.8 Å². The Morgan fingerprint density at radius 1 is 0.933 bits per heavy atom. The highest BCUT2D eigenvalue weighted by Gasteiger charge is 2.53. The van der Waals surface area contributed by atoms with E-state index in [2.05, 4.69) is 13.1 Å². The van der Waals surface area contributed by atoms with Gasteiger partial charge in [0.05, 0.1) is 41.3 Å². The molecule has 30 heavy (non-hydrogen) atoms. The zero-order valence-corrected chi connectivity index (χ0v) is 22.1. The molecule has 0 amide bonds. The second kappa shape index (κ2) is 16.3. The Morgan fingerprint density at radius 2 is 1.47 bits per heavy atom. The molecule has 0 radical (unpaired) electrons. The molecule has 4 N–H and O–H groups in total. The number of rotatable bonds is 19. The van der Waals surface area contributed by atoms with Crippen molar-refractivity contribution >= 4 is 29.5 Å². The quantitative estimate of drug-likeness (QED) is 0.0922. The van der Waals surface area contributed by atoms with Gasteiger partial charge in [0.2, 0.25) is 0 Å². The van der Waals surface area contributed by atoms with Gasteiger partial charge in [-0.1, -0.05) is 19.2 Å². The Hall–Kier alpha value is -0.379. The van der Waals surface area contributed by atoms with Gasteiger partial charge in [-0.15, -0.1) is 0 Å². The Bertz CT molecular complexity index is 492. The van der Waals surface area contributed by atoms with Gasteiger partial charge in [-0.3, -0.25) is 0 Å². The van der Waals surface area contributed by atoms with E-state index in [1.165, 1.54) is 0 Å². The highest BCUT2D eigenvalue weighted by molar-refractivity contribution is 7.60. The molecule has 178 valence electrons. The summed E-state index contributed by atoms with van der Waals surface area (Å²) < 4.78 is 15.8. The van der Waals surface area contributed by atoms with Crippen LogP contribution in [-0.4, -0.2) is 95.5 Å². The Labute approximate surface area is 184 Å². The normalized spacial score (nSPS) is 16.5. The van der Waals surface area contributed by atoms with Crippen molar-refractivity contribution in [3.63, 3.8) is 0 Å². The largest absolute Gasteiger partial charge is 0.462 e. The lowest BCUT2D eigenvalue weighted by Gasteiger charge is -2.41. The van der Waals surface area contributed by atoms with Crippen molar-refractivity contribution in [3.8, 4) is 0 Å². The number of ether oxygens (including phenoxy) is 3. The van der Waals surface area contributed by atoms with Gasteiger partial charge < -0.3 is 34.0 Å². The number of hydrogen-bond acceptors (Lipinski definition) is 8. The van der Waals surface area contributed by atoms with Crippen molar-refractivity contribution in [2.75, 3.05) is 46.2 Å². The van der Waals surface area contributed by atoms with E-state index in [0.29, 0.717) is 56.7 Å². The van der Waals surface area contributed by atoms with Gasteiger partial charge in [-0.25, -0.2) is 4.79 Å². The van der Waals surface area contributed by atoms with Crippen molar-refractivity contribution in [3.05, 3.63) is 12.2 Å². The molecule has 0 aromatic rings. The minimum Gasteiger partial charge on any atom is -0.462 e. The van der Waals surface area contributed by atoms with Crippen LogP contribution in [0.4, 0.5) is 0 Å². The maximum Gasteiger partial charge on any atom is 0.333 e. The molecular weight excluding hydrogens is 440 g/mol. The average molecular weight is 483 g/mol. The van der Waals surface area contributed by atoms with E-state index in [1.807, 2.05) is 6.55 Å². The molecule has 3 atom stereocenters. The van der Waals surface area contributed by atoms with Gasteiger partial charge in [0.1, 0.15) is 0 Å². The van der Waals surface area contributed by atoms with Gasteiger partial charge >= 0.3 is 5.97 Å². The molecule has 0 spiro atoms. The summed E-state index contributed by atoms with van der Waals surface area (Å²) in [5.41, 5.74) is 0.368. The predicted octanol–water partition coefficient (Wildman–Crippen LogP) is 0.813. The lowest BCUT2D eigenvalue weighted by atomic mass is 10.4. The van der Waals surface area contributed by atoms with Gasteiger partial charge in [0.25, 0.3) is 0 Å². The fourth-order valence-electron chi connectivity index (χ4n) is 3.47. The number of esters is 1. The summed E-state index contributed by atoms with van der Waals surface area (Å²) in [5, 5.41) is 17.6. The molecule has 0 aromatic heterocycles. The van der Waals surface area contributed by atoms with Crippen LogP contribution in [0.1, 0.15) is 26.2 Å². The highest BCUT2D eigenvalue weighted by Crippen LogP contribution is 2.29. The van der Waals surface area contributed by atoms with E-state index in [9.17, 15) is 14.4 Å². The lowest BCUT2D eigenvalue weighted by Crippen LogP contribution is -2.70. The summed E-state index contributed by atoms with van der Waals surface area (Å²) in [4.78, 5) is 34.7. The molecule has 0 aliphatic carbocycles. The SMILES string of the molecule is C=C(C)C(=O)OCCC[SiH](C)[Si](O)(CCCOCCO)[Si](C)(O)CCCOCCO. The third-order valence-electron chi connectivity index (χ3n) is 5.38. The second-order valence-electron chi connectivity index (χ2n) is 8.04. The summed E-state index contributed by atoms with van der Waals surface area (Å²) in [6.07, 6.45) is 1.99. The van der Waals surface area contributed by atoms with Crippen LogP contribution >= 0.6 is 0 Å².